The zero-order valence-electron chi connectivity index (χ0n) is 7.33. The van der Waals surface area contributed by atoms with Gasteiger partial charge in [-0.3, -0.25) is 0 Å². The fourth-order valence-electron chi connectivity index (χ4n) is 1.35. The van der Waals surface area contributed by atoms with Gasteiger partial charge in [-0.15, -0.1) is 0 Å². The lowest BCUT2D eigenvalue weighted by Gasteiger charge is -2.35. The van der Waals surface area contributed by atoms with Gasteiger partial charge in [0.25, 0.3) is 0 Å². The van der Waals surface area contributed by atoms with E-state index in [1.165, 1.54) is 0 Å². The molecule has 1 N–H and O–H groups in total. The Morgan fingerprint density at radius 1 is 1.55 bits per heavy atom. The van der Waals surface area contributed by atoms with Gasteiger partial charge in [0.1, 0.15) is 0 Å². The molecule has 3 atom stereocenters. The smallest absolute Gasteiger partial charge is 0.0914 e. The van der Waals surface area contributed by atoms with Crippen molar-refractivity contribution in [3.63, 3.8) is 0 Å². The molecule has 0 aromatic heterocycles. The van der Waals surface area contributed by atoms with Gasteiger partial charge in [-0.2, -0.15) is 0 Å². The fourth-order valence-corrected chi connectivity index (χ4v) is 2.36. The normalized spacial score (nSPS) is 37.0. The molecule has 11 heavy (non-hydrogen) atoms. The van der Waals surface area contributed by atoms with Crippen LogP contribution in [0.1, 0.15) is 13.8 Å². The molecule has 1 saturated heterocycles. The number of piperazine rings is 1. The first kappa shape index (κ1) is 9.16. The van der Waals surface area contributed by atoms with Crippen molar-refractivity contribution in [2.75, 3.05) is 19.3 Å². The van der Waals surface area contributed by atoms with E-state index in [0.717, 1.165) is 13.1 Å². The van der Waals surface area contributed by atoms with Crippen molar-refractivity contribution in [3.8, 4) is 0 Å². The van der Waals surface area contributed by atoms with E-state index in [1.807, 2.05) is 4.31 Å². The summed E-state index contributed by atoms with van der Waals surface area (Å²) < 4.78 is 13.2. The summed E-state index contributed by atoms with van der Waals surface area (Å²) in [6.45, 7) is 6.05. The van der Waals surface area contributed by atoms with Crippen LogP contribution in [0.2, 0.25) is 0 Å². The van der Waals surface area contributed by atoms with Gasteiger partial charge in [0.05, 0.1) is 11.0 Å². The zero-order valence-corrected chi connectivity index (χ0v) is 8.15. The van der Waals surface area contributed by atoms with Crippen molar-refractivity contribution in [1.29, 1.82) is 0 Å². The Bertz CT molecular complexity index is 163. The van der Waals surface area contributed by atoms with E-state index in [-0.39, 0.29) is 0 Å². The van der Waals surface area contributed by atoms with Crippen molar-refractivity contribution in [3.05, 3.63) is 0 Å². The van der Waals surface area contributed by atoms with Crippen LogP contribution < -0.4 is 5.32 Å². The summed E-state index contributed by atoms with van der Waals surface area (Å²) in [5.74, 6) is 0. The summed E-state index contributed by atoms with van der Waals surface area (Å²) in [6.07, 6.45) is 1.74. The number of rotatable bonds is 1. The highest BCUT2D eigenvalue weighted by Gasteiger charge is 2.24. The molecule has 1 aliphatic heterocycles. The third-order valence-corrected chi connectivity index (χ3v) is 3.21. The van der Waals surface area contributed by atoms with Crippen LogP contribution in [-0.4, -0.2) is 39.9 Å². The first-order valence-electron chi connectivity index (χ1n) is 3.95. The maximum atomic E-state index is 11.2. The van der Waals surface area contributed by atoms with Crippen LogP contribution in [0.25, 0.3) is 0 Å². The van der Waals surface area contributed by atoms with Crippen molar-refractivity contribution < 1.29 is 4.21 Å². The molecule has 1 fully saturated rings. The third kappa shape index (κ3) is 2.25. The summed E-state index contributed by atoms with van der Waals surface area (Å²) in [4.78, 5) is 0. The number of hydrogen-bond donors (Lipinski definition) is 1. The van der Waals surface area contributed by atoms with Gasteiger partial charge in [-0.1, -0.05) is 0 Å². The maximum absolute atomic E-state index is 11.2. The molecule has 0 saturated carbocycles. The Morgan fingerprint density at radius 3 is 2.64 bits per heavy atom. The summed E-state index contributed by atoms with van der Waals surface area (Å²) in [6, 6.07) is 0.868. The predicted octanol–water partition coefficient (Wildman–Crippen LogP) is -0.0379. The average molecular weight is 176 g/mol. The molecule has 66 valence electrons. The molecular weight excluding hydrogens is 160 g/mol. The van der Waals surface area contributed by atoms with E-state index in [1.54, 1.807) is 6.26 Å². The molecule has 0 aromatic rings. The number of nitrogens with one attached hydrogen (secondary N) is 1. The fraction of sp³-hybridized carbons (Fsp3) is 1.00. The molecule has 0 aromatic carbocycles. The summed E-state index contributed by atoms with van der Waals surface area (Å²) in [5, 5.41) is 3.34. The van der Waals surface area contributed by atoms with Crippen LogP contribution in [0, 0.1) is 0 Å². The Balaban J connectivity index is 2.54. The Kier molecular flexibility index (Phi) is 3.04. The molecule has 0 amide bonds. The zero-order chi connectivity index (χ0) is 8.43. The monoisotopic (exact) mass is 176 g/mol. The van der Waals surface area contributed by atoms with Crippen LogP contribution in [0.5, 0.6) is 0 Å². The standard InChI is InChI=1S/C7H16N2OS/c1-6-5-9(11(3)10)7(2)4-8-6/h6-8H,4-5H2,1-3H3. The van der Waals surface area contributed by atoms with Gasteiger partial charge in [0.15, 0.2) is 0 Å². The van der Waals surface area contributed by atoms with Crippen LogP contribution in [-0.2, 0) is 11.0 Å². The van der Waals surface area contributed by atoms with E-state index in [2.05, 4.69) is 19.2 Å². The predicted molar refractivity (Wildman–Crippen MR) is 47.7 cm³/mol. The molecule has 3 unspecified atom stereocenters. The molecule has 0 radical (unpaired) electrons. The van der Waals surface area contributed by atoms with Crippen molar-refractivity contribution in [2.45, 2.75) is 25.9 Å². The van der Waals surface area contributed by atoms with E-state index in [9.17, 15) is 4.21 Å². The molecular formula is C7H16N2OS. The van der Waals surface area contributed by atoms with Gasteiger partial charge in [0, 0.05) is 31.4 Å². The second-order valence-electron chi connectivity index (χ2n) is 3.18. The summed E-state index contributed by atoms with van der Waals surface area (Å²) in [5.41, 5.74) is 0. The Hall–Kier alpha value is 0.0700. The van der Waals surface area contributed by atoms with Gasteiger partial charge in [-0.25, -0.2) is 8.51 Å². The number of hydrogen-bond acceptors (Lipinski definition) is 2. The Morgan fingerprint density at radius 2 is 2.18 bits per heavy atom. The van der Waals surface area contributed by atoms with Gasteiger partial charge < -0.3 is 5.32 Å². The first-order chi connectivity index (χ1) is 5.11. The van der Waals surface area contributed by atoms with Crippen LogP contribution in [0.15, 0.2) is 0 Å². The molecule has 3 nitrogen and oxygen atoms in total. The SMILES string of the molecule is CC1CN(S(C)=O)C(C)CN1. The lowest BCUT2D eigenvalue weighted by molar-refractivity contribution is 0.256. The molecule has 4 heteroatoms. The van der Waals surface area contributed by atoms with E-state index in [0.29, 0.717) is 12.1 Å². The van der Waals surface area contributed by atoms with Crippen LogP contribution >= 0.6 is 0 Å². The highest BCUT2D eigenvalue weighted by molar-refractivity contribution is 7.81. The molecule has 1 aliphatic rings. The van der Waals surface area contributed by atoms with E-state index in [4.69, 9.17) is 0 Å². The first-order valence-corrected chi connectivity index (χ1v) is 5.46. The molecule has 0 aliphatic carbocycles. The Labute approximate surface area is 70.7 Å². The van der Waals surface area contributed by atoms with Gasteiger partial charge in [-0.05, 0) is 13.8 Å². The topological polar surface area (TPSA) is 32.3 Å². The second-order valence-corrected chi connectivity index (χ2v) is 4.50. The lowest BCUT2D eigenvalue weighted by Crippen LogP contribution is -2.54. The molecule has 1 heterocycles. The largest absolute Gasteiger partial charge is 0.311 e. The van der Waals surface area contributed by atoms with E-state index < -0.39 is 11.0 Å². The molecule has 0 bridgehead atoms. The quantitative estimate of drug-likeness (QED) is 0.608. The molecule has 0 spiro atoms. The van der Waals surface area contributed by atoms with Crippen LogP contribution in [0.4, 0.5) is 0 Å². The number of nitrogens with zero attached hydrogens (tertiary/aromatic N) is 1. The van der Waals surface area contributed by atoms with E-state index >= 15 is 0 Å². The van der Waals surface area contributed by atoms with Crippen LogP contribution in [0.3, 0.4) is 0 Å². The highest BCUT2D eigenvalue weighted by Crippen LogP contribution is 2.07. The third-order valence-electron chi connectivity index (χ3n) is 2.04. The van der Waals surface area contributed by atoms with Crippen molar-refractivity contribution in [1.82, 2.24) is 9.62 Å². The van der Waals surface area contributed by atoms with Gasteiger partial charge >= 0.3 is 0 Å². The second kappa shape index (κ2) is 3.65. The molecule has 1 rings (SSSR count). The highest BCUT2D eigenvalue weighted by atomic mass is 32.2. The van der Waals surface area contributed by atoms with Crippen molar-refractivity contribution in [2.24, 2.45) is 0 Å². The average Bonchev–Trinajstić information content (AvgIpc) is 1.94. The van der Waals surface area contributed by atoms with Gasteiger partial charge in [0.2, 0.25) is 0 Å². The maximum Gasteiger partial charge on any atom is 0.0914 e. The summed E-state index contributed by atoms with van der Waals surface area (Å²) >= 11 is 0. The minimum atomic E-state index is -0.809. The lowest BCUT2D eigenvalue weighted by atomic mass is 10.2. The minimum Gasteiger partial charge on any atom is -0.311 e. The minimum absolute atomic E-state index is 0.400. The summed E-state index contributed by atoms with van der Waals surface area (Å²) in [7, 11) is -0.809. The van der Waals surface area contributed by atoms with Crippen molar-refractivity contribution >= 4 is 11.0 Å².